The lowest BCUT2D eigenvalue weighted by Crippen LogP contribution is -2.39. The van der Waals surface area contributed by atoms with Crippen LogP contribution in [0, 0.1) is 5.92 Å². The van der Waals surface area contributed by atoms with Crippen LogP contribution in [0.25, 0.3) is 5.69 Å². The number of piperidine rings is 1. The molecule has 0 unspecified atom stereocenters. The second-order valence-corrected chi connectivity index (χ2v) is 6.29. The van der Waals surface area contributed by atoms with Gasteiger partial charge in [-0.1, -0.05) is 0 Å². The van der Waals surface area contributed by atoms with Crippen LogP contribution in [0.2, 0.25) is 0 Å². The van der Waals surface area contributed by atoms with Gasteiger partial charge in [-0.2, -0.15) is 0 Å². The largest absolute Gasteiger partial charge is 0.383 e. The van der Waals surface area contributed by atoms with Gasteiger partial charge in [0.25, 0.3) is 5.91 Å². The molecule has 1 aliphatic rings. The second kappa shape index (κ2) is 8.68. The molecule has 0 radical (unpaired) electrons. The Labute approximate surface area is 147 Å². The molecule has 2 aromatic rings. The van der Waals surface area contributed by atoms with Crippen molar-refractivity contribution in [3.05, 3.63) is 36.2 Å². The van der Waals surface area contributed by atoms with E-state index in [2.05, 4.69) is 25.7 Å². The number of amides is 1. The summed E-state index contributed by atoms with van der Waals surface area (Å²) in [6, 6.07) is 7.25. The topological polar surface area (TPSA) is 85.2 Å². The fourth-order valence-corrected chi connectivity index (χ4v) is 3.02. The maximum Gasteiger partial charge on any atom is 0.251 e. The van der Waals surface area contributed by atoms with Gasteiger partial charge in [-0.3, -0.25) is 4.79 Å². The first-order valence-corrected chi connectivity index (χ1v) is 8.59. The molecule has 2 heterocycles. The molecule has 8 nitrogen and oxygen atoms in total. The van der Waals surface area contributed by atoms with Gasteiger partial charge in [0.2, 0.25) is 0 Å². The number of hydrogen-bond donors (Lipinski definition) is 1. The number of nitrogens with one attached hydrogen (secondary N) is 1. The molecule has 0 spiro atoms. The number of hydrogen-bond acceptors (Lipinski definition) is 6. The predicted octanol–water partition coefficient (Wildman–Crippen LogP) is 0.750. The van der Waals surface area contributed by atoms with Crippen molar-refractivity contribution in [3.8, 4) is 5.69 Å². The Hall–Kier alpha value is -2.32. The van der Waals surface area contributed by atoms with Gasteiger partial charge in [-0.05, 0) is 66.5 Å². The second-order valence-electron chi connectivity index (χ2n) is 6.29. The quantitative estimate of drug-likeness (QED) is 0.798. The van der Waals surface area contributed by atoms with Gasteiger partial charge in [-0.25, -0.2) is 4.68 Å². The summed E-state index contributed by atoms with van der Waals surface area (Å²) in [6.07, 6.45) is 3.75. The smallest absolute Gasteiger partial charge is 0.251 e. The molecule has 0 bridgehead atoms. The lowest BCUT2D eigenvalue weighted by Gasteiger charge is -2.31. The fraction of sp³-hybridized carbons (Fsp3) is 0.529. The zero-order valence-electron chi connectivity index (χ0n) is 14.5. The molecule has 0 saturated carbocycles. The molecule has 8 heteroatoms. The van der Waals surface area contributed by atoms with Crippen LogP contribution < -0.4 is 5.32 Å². The summed E-state index contributed by atoms with van der Waals surface area (Å²) in [4.78, 5) is 14.7. The highest BCUT2D eigenvalue weighted by atomic mass is 16.5. The van der Waals surface area contributed by atoms with Crippen molar-refractivity contribution < 1.29 is 9.53 Å². The Bertz CT molecular complexity index is 650. The van der Waals surface area contributed by atoms with Crippen LogP contribution in [0.5, 0.6) is 0 Å². The van der Waals surface area contributed by atoms with E-state index in [0.29, 0.717) is 11.5 Å². The minimum atomic E-state index is -0.0370. The molecule has 0 aliphatic carbocycles. The Morgan fingerprint density at radius 1 is 1.28 bits per heavy atom. The Morgan fingerprint density at radius 2 is 2.04 bits per heavy atom. The molecule has 1 amide bonds. The average Bonchev–Trinajstić information content (AvgIpc) is 3.20. The molecule has 1 fully saturated rings. The van der Waals surface area contributed by atoms with Crippen molar-refractivity contribution >= 4 is 5.91 Å². The van der Waals surface area contributed by atoms with Gasteiger partial charge in [0, 0.05) is 25.8 Å². The molecule has 1 N–H and O–H groups in total. The Balaban J connectivity index is 1.44. The highest BCUT2D eigenvalue weighted by Crippen LogP contribution is 2.16. The van der Waals surface area contributed by atoms with Crippen LogP contribution in [-0.2, 0) is 4.74 Å². The molecular formula is C17H24N6O2. The van der Waals surface area contributed by atoms with E-state index in [9.17, 15) is 4.79 Å². The first-order chi connectivity index (χ1) is 12.3. The number of tetrazole rings is 1. The van der Waals surface area contributed by atoms with Gasteiger partial charge in [-0.15, -0.1) is 5.10 Å². The van der Waals surface area contributed by atoms with Crippen molar-refractivity contribution in [2.24, 2.45) is 5.92 Å². The SMILES string of the molecule is COCCN1CCC(CNC(=O)c2ccc(-n3cnnn3)cc2)CC1. The summed E-state index contributed by atoms with van der Waals surface area (Å²) in [5.41, 5.74) is 1.47. The normalized spacial score (nSPS) is 16.0. The summed E-state index contributed by atoms with van der Waals surface area (Å²) < 4.78 is 6.67. The maximum atomic E-state index is 12.3. The van der Waals surface area contributed by atoms with Crippen molar-refractivity contribution in [3.63, 3.8) is 0 Å². The standard InChI is InChI=1S/C17H24N6O2/c1-25-11-10-22-8-6-14(7-9-22)12-18-17(24)15-2-4-16(5-3-15)23-13-19-20-21-23/h2-5,13-14H,6-12H2,1H3,(H,18,24). The number of ether oxygens (including phenoxy) is 1. The number of rotatable bonds is 7. The monoisotopic (exact) mass is 344 g/mol. The Morgan fingerprint density at radius 3 is 2.68 bits per heavy atom. The molecule has 1 aromatic carbocycles. The number of methoxy groups -OCH3 is 1. The van der Waals surface area contributed by atoms with Crippen LogP contribution in [0.1, 0.15) is 23.2 Å². The van der Waals surface area contributed by atoms with Crippen LogP contribution >= 0.6 is 0 Å². The minimum absolute atomic E-state index is 0.0370. The van der Waals surface area contributed by atoms with E-state index in [1.165, 1.54) is 6.33 Å². The molecule has 25 heavy (non-hydrogen) atoms. The number of carbonyl (C=O) groups excluding carboxylic acids is 1. The number of benzene rings is 1. The summed E-state index contributed by atoms with van der Waals surface area (Å²) in [7, 11) is 1.73. The van der Waals surface area contributed by atoms with Gasteiger partial charge < -0.3 is 15.0 Å². The molecule has 0 atom stereocenters. The van der Waals surface area contributed by atoms with Gasteiger partial charge in [0.05, 0.1) is 12.3 Å². The van der Waals surface area contributed by atoms with Crippen molar-refractivity contribution in [2.45, 2.75) is 12.8 Å². The summed E-state index contributed by atoms with van der Waals surface area (Å²) in [5.74, 6) is 0.508. The molecule has 134 valence electrons. The molecule has 3 rings (SSSR count). The van der Waals surface area contributed by atoms with E-state index in [4.69, 9.17) is 4.74 Å². The number of carbonyl (C=O) groups is 1. The third-order valence-electron chi connectivity index (χ3n) is 4.61. The lowest BCUT2D eigenvalue weighted by molar-refractivity contribution is 0.0926. The van der Waals surface area contributed by atoms with E-state index < -0.39 is 0 Å². The lowest BCUT2D eigenvalue weighted by atomic mass is 9.96. The average molecular weight is 344 g/mol. The first-order valence-electron chi connectivity index (χ1n) is 8.59. The third-order valence-corrected chi connectivity index (χ3v) is 4.61. The van der Waals surface area contributed by atoms with Gasteiger partial charge >= 0.3 is 0 Å². The van der Waals surface area contributed by atoms with Crippen LogP contribution in [0.3, 0.4) is 0 Å². The highest BCUT2D eigenvalue weighted by molar-refractivity contribution is 5.94. The minimum Gasteiger partial charge on any atom is -0.383 e. The fourth-order valence-electron chi connectivity index (χ4n) is 3.02. The van der Waals surface area contributed by atoms with E-state index in [-0.39, 0.29) is 5.91 Å². The van der Waals surface area contributed by atoms with Crippen LogP contribution in [-0.4, -0.2) is 70.9 Å². The van der Waals surface area contributed by atoms with Gasteiger partial charge in [0.15, 0.2) is 0 Å². The molecule has 1 aliphatic heterocycles. The number of likely N-dealkylation sites (tertiary alicyclic amines) is 1. The Kier molecular flexibility index (Phi) is 6.08. The highest BCUT2D eigenvalue weighted by Gasteiger charge is 2.19. The summed E-state index contributed by atoms with van der Waals surface area (Å²) in [6.45, 7) is 4.64. The van der Waals surface area contributed by atoms with E-state index >= 15 is 0 Å². The van der Waals surface area contributed by atoms with E-state index in [0.717, 1.165) is 51.3 Å². The van der Waals surface area contributed by atoms with E-state index in [1.54, 1.807) is 23.9 Å². The summed E-state index contributed by atoms with van der Waals surface area (Å²) in [5, 5.41) is 14.1. The van der Waals surface area contributed by atoms with Crippen molar-refractivity contribution in [1.29, 1.82) is 0 Å². The molecule has 1 aromatic heterocycles. The number of aromatic nitrogens is 4. The first kappa shape index (κ1) is 17.5. The molecular weight excluding hydrogens is 320 g/mol. The van der Waals surface area contributed by atoms with Crippen LogP contribution in [0.15, 0.2) is 30.6 Å². The zero-order chi connectivity index (χ0) is 17.5. The predicted molar refractivity (Wildman–Crippen MR) is 92.5 cm³/mol. The van der Waals surface area contributed by atoms with Crippen molar-refractivity contribution in [2.75, 3.05) is 39.9 Å². The zero-order valence-corrected chi connectivity index (χ0v) is 14.5. The van der Waals surface area contributed by atoms with Crippen LogP contribution in [0.4, 0.5) is 0 Å². The third kappa shape index (κ3) is 4.83. The van der Waals surface area contributed by atoms with Crippen molar-refractivity contribution in [1.82, 2.24) is 30.4 Å². The number of nitrogens with zero attached hydrogens (tertiary/aromatic N) is 5. The van der Waals surface area contributed by atoms with E-state index in [1.807, 2.05) is 12.1 Å². The van der Waals surface area contributed by atoms with Gasteiger partial charge in [0.1, 0.15) is 6.33 Å². The summed E-state index contributed by atoms with van der Waals surface area (Å²) >= 11 is 0. The molecule has 1 saturated heterocycles. The maximum absolute atomic E-state index is 12.3.